The second-order valence-electron chi connectivity index (χ2n) is 5.16. The summed E-state index contributed by atoms with van der Waals surface area (Å²) < 4.78 is 6.31. The molecule has 0 bridgehead atoms. The molecule has 0 spiro atoms. The Kier molecular flexibility index (Phi) is 4.12. The molecule has 1 heterocycles. The highest BCUT2D eigenvalue weighted by Crippen LogP contribution is 2.25. The van der Waals surface area contributed by atoms with Crippen LogP contribution in [0, 0.1) is 12.3 Å². The highest BCUT2D eigenvalue weighted by atomic mass is 32.1. The first kappa shape index (κ1) is 15.2. The molecule has 1 amide bonds. The van der Waals surface area contributed by atoms with Crippen molar-refractivity contribution in [2.45, 2.75) is 6.92 Å². The third-order valence-electron chi connectivity index (χ3n) is 3.58. The number of rotatable bonds is 3. The number of methoxy groups -OCH3 is 1. The lowest BCUT2D eigenvalue weighted by atomic mass is 10.1. The van der Waals surface area contributed by atoms with Gasteiger partial charge in [-0.3, -0.25) is 10.2 Å². The van der Waals surface area contributed by atoms with Gasteiger partial charge in [-0.1, -0.05) is 30.3 Å². The zero-order valence-corrected chi connectivity index (χ0v) is 13.7. The van der Waals surface area contributed by atoms with E-state index in [1.54, 1.807) is 19.2 Å². The number of aryl methyl sites for hydroxylation is 1. The minimum atomic E-state index is -0.268. The fourth-order valence-electron chi connectivity index (χ4n) is 2.32. The molecule has 2 N–H and O–H groups in total. The predicted molar refractivity (Wildman–Crippen MR) is 93.9 cm³/mol. The van der Waals surface area contributed by atoms with Gasteiger partial charge in [-0.2, -0.15) is 0 Å². The van der Waals surface area contributed by atoms with E-state index in [9.17, 15) is 4.79 Å². The van der Waals surface area contributed by atoms with Gasteiger partial charge in [0.2, 0.25) is 0 Å². The predicted octanol–water partition coefficient (Wildman–Crippen LogP) is 3.97. The molecule has 0 saturated carbocycles. The van der Waals surface area contributed by atoms with E-state index in [1.807, 2.05) is 43.3 Å². The number of amidine groups is 1. The second kappa shape index (κ2) is 6.22. The van der Waals surface area contributed by atoms with E-state index < -0.39 is 0 Å². The molecule has 0 aliphatic carbocycles. The lowest BCUT2D eigenvalue weighted by Gasteiger charge is -2.09. The van der Waals surface area contributed by atoms with Crippen LogP contribution in [0.2, 0.25) is 0 Å². The Balaban J connectivity index is 1.80. The number of fused-ring (bicyclic) bond motifs is 1. The zero-order chi connectivity index (χ0) is 16.4. The highest BCUT2D eigenvalue weighted by Gasteiger charge is 2.13. The molecule has 0 atom stereocenters. The summed E-state index contributed by atoms with van der Waals surface area (Å²) in [6, 6.07) is 15.1. The summed E-state index contributed by atoms with van der Waals surface area (Å²) in [5.74, 6) is 0.491. The third kappa shape index (κ3) is 3.10. The molecule has 2 aromatic carbocycles. The minimum absolute atomic E-state index is 0.0609. The van der Waals surface area contributed by atoms with Gasteiger partial charge in [-0.25, -0.2) is 0 Å². The number of amides is 1. The van der Waals surface area contributed by atoms with Gasteiger partial charge in [-0.05, 0) is 36.1 Å². The van der Waals surface area contributed by atoms with Gasteiger partial charge in [0.15, 0.2) is 0 Å². The summed E-state index contributed by atoms with van der Waals surface area (Å²) in [6.07, 6.45) is 0. The van der Waals surface area contributed by atoms with Crippen LogP contribution in [0.25, 0.3) is 10.1 Å². The number of nitrogens with one attached hydrogen (secondary N) is 2. The summed E-state index contributed by atoms with van der Waals surface area (Å²) >= 11 is 1.42. The van der Waals surface area contributed by atoms with Crippen LogP contribution in [-0.4, -0.2) is 18.9 Å². The number of benzene rings is 2. The van der Waals surface area contributed by atoms with E-state index in [0.717, 1.165) is 15.6 Å². The van der Waals surface area contributed by atoms with E-state index >= 15 is 0 Å². The summed E-state index contributed by atoms with van der Waals surface area (Å²) in [5.41, 5.74) is 1.60. The first-order chi connectivity index (χ1) is 11.1. The van der Waals surface area contributed by atoms with Crippen molar-refractivity contribution >= 4 is 33.2 Å². The molecule has 0 fully saturated rings. The lowest BCUT2D eigenvalue weighted by Crippen LogP contribution is -2.29. The van der Waals surface area contributed by atoms with Gasteiger partial charge in [-0.15, -0.1) is 11.3 Å². The first-order valence-electron chi connectivity index (χ1n) is 7.12. The van der Waals surface area contributed by atoms with Crippen LogP contribution in [0.5, 0.6) is 5.75 Å². The number of carbonyl (C=O) groups is 1. The molecule has 0 aliphatic rings. The number of hydrogen-bond donors (Lipinski definition) is 2. The Morgan fingerprint density at radius 3 is 2.70 bits per heavy atom. The van der Waals surface area contributed by atoms with Gasteiger partial charge in [0.25, 0.3) is 5.91 Å². The van der Waals surface area contributed by atoms with Gasteiger partial charge in [0.05, 0.1) is 12.0 Å². The van der Waals surface area contributed by atoms with Crippen LogP contribution in [0.15, 0.2) is 48.5 Å². The number of ether oxygens (including phenoxy) is 1. The molecule has 0 saturated heterocycles. The Bertz CT molecular complexity index is 866. The minimum Gasteiger partial charge on any atom is -0.496 e. The molecular weight excluding hydrogens is 308 g/mol. The molecule has 1 aromatic heterocycles. The molecule has 5 heteroatoms. The summed E-state index contributed by atoms with van der Waals surface area (Å²) in [4.78, 5) is 12.9. The molecule has 4 nitrogen and oxygen atoms in total. The molecule has 3 aromatic rings. The molecule has 3 rings (SSSR count). The van der Waals surface area contributed by atoms with Crippen molar-refractivity contribution in [1.82, 2.24) is 5.32 Å². The Labute approximate surface area is 138 Å². The Morgan fingerprint density at radius 1 is 1.17 bits per heavy atom. The Morgan fingerprint density at radius 2 is 1.96 bits per heavy atom. The number of carbonyl (C=O) groups excluding carboxylic acids is 1. The average Bonchev–Trinajstić information content (AvgIpc) is 2.99. The lowest BCUT2D eigenvalue weighted by molar-refractivity contribution is 0.0981. The van der Waals surface area contributed by atoms with Gasteiger partial charge >= 0.3 is 0 Å². The van der Waals surface area contributed by atoms with Crippen molar-refractivity contribution in [3.8, 4) is 5.75 Å². The topological polar surface area (TPSA) is 62.2 Å². The standard InChI is InChI=1S/C18H16N2O2S/c1-11-7-8-13(9-14(11)22-2)17(19)20-18(21)16-10-12-5-3-4-6-15(12)23-16/h3-10H,1-2H3,(H2,19,20,21). The maximum atomic E-state index is 12.3. The van der Waals surface area contributed by atoms with Gasteiger partial charge in [0, 0.05) is 10.3 Å². The Hall–Kier alpha value is -2.66. The van der Waals surface area contributed by atoms with E-state index in [2.05, 4.69) is 5.32 Å². The molecule has 0 aliphatic heterocycles. The van der Waals surface area contributed by atoms with Crippen LogP contribution in [0.1, 0.15) is 20.8 Å². The van der Waals surface area contributed by atoms with E-state index in [0.29, 0.717) is 16.2 Å². The van der Waals surface area contributed by atoms with Crippen molar-refractivity contribution in [3.63, 3.8) is 0 Å². The molecule has 0 unspecified atom stereocenters. The highest BCUT2D eigenvalue weighted by molar-refractivity contribution is 7.20. The smallest absolute Gasteiger partial charge is 0.266 e. The van der Waals surface area contributed by atoms with Gasteiger partial charge < -0.3 is 10.1 Å². The normalized spacial score (nSPS) is 10.5. The molecule has 0 radical (unpaired) electrons. The quantitative estimate of drug-likeness (QED) is 0.565. The average molecular weight is 324 g/mol. The summed E-state index contributed by atoms with van der Waals surface area (Å²) in [7, 11) is 1.59. The summed E-state index contributed by atoms with van der Waals surface area (Å²) in [5, 5.41) is 11.8. The summed E-state index contributed by atoms with van der Waals surface area (Å²) in [6.45, 7) is 1.93. The van der Waals surface area contributed by atoms with Crippen molar-refractivity contribution in [3.05, 3.63) is 64.5 Å². The van der Waals surface area contributed by atoms with Crippen molar-refractivity contribution in [1.29, 1.82) is 5.41 Å². The van der Waals surface area contributed by atoms with Crippen LogP contribution in [-0.2, 0) is 0 Å². The van der Waals surface area contributed by atoms with Crippen LogP contribution in [0.3, 0.4) is 0 Å². The van der Waals surface area contributed by atoms with Crippen LogP contribution >= 0.6 is 11.3 Å². The van der Waals surface area contributed by atoms with Crippen LogP contribution < -0.4 is 10.1 Å². The first-order valence-corrected chi connectivity index (χ1v) is 7.93. The van der Waals surface area contributed by atoms with E-state index in [1.165, 1.54) is 11.3 Å². The van der Waals surface area contributed by atoms with E-state index in [4.69, 9.17) is 10.1 Å². The van der Waals surface area contributed by atoms with Crippen molar-refractivity contribution in [2.24, 2.45) is 0 Å². The van der Waals surface area contributed by atoms with Crippen molar-refractivity contribution < 1.29 is 9.53 Å². The zero-order valence-electron chi connectivity index (χ0n) is 12.8. The second-order valence-corrected chi connectivity index (χ2v) is 6.25. The maximum absolute atomic E-state index is 12.3. The number of hydrogen-bond acceptors (Lipinski definition) is 4. The van der Waals surface area contributed by atoms with Crippen LogP contribution in [0.4, 0.5) is 0 Å². The number of thiophene rings is 1. The van der Waals surface area contributed by atoms with Gasteiger partial charge in [0.1, 0.15) is 11.6 Å². The largest absolute Gasteiger partial charge is 0.496 e. The van der Waals surface area contributed by atoms with Crippen molar-refractivity contribution in [2.75, 3.05) is 7.11 Å². The van der Waals surface area contributed by atoms with E-state index in [-0.39, 0.29) is 11.7 Å². The SMILES string of the molecule is COc1cc(C(=N)NC(=O)c2cc3ccccc3s2)ccc1C. The molecular formula is C18H16N2O2S. The fourth-order valence-corrected chi connectivity index (χ4v) is 3.27. The molecule has 23 heavy (non-hydrogen) atoms. The molecule has 116 valence electrons. The fraction of sp³-hybridized carbons (Fsp3) is 0.111. The third-order valence-corrected chi connectivity index (χ3v) is 4.70. The monoisotopic (exact) mass is 324 g/mol. The maximum Gasteiger partial charge on any atom is 0.266 e.